The number of hydrogen-bond donors (Lipinski definition) is 0. The minimum Gasteiger partial charge on any atom is -0.395 e. The Balaban J connectivity index is 1.40. The number of carbonyl (C=O) groups is 2. The lowest BCUT2D eigenvalue weighted by Crippen LogP contribution is -2.26. The lowest BCUT2D eigenvalue weighted by atomic mass is 9.88. The molecule has 1 aromatic heterocycles. The molecule has 0 N–H and O–H groups in total. The largest absolute Gasteiger partial charge is 0.586 e. The van der Waals surface area contributed by atoms with Crippen LogP contribution >= 0.6 is 11.6 Å². The summed E-state index contributed by atoms with van der Waals surface area (Å²) >= 11 is 6.32. The predicted molar refractivity (Wildman–Crippen MR) is 112 cm³/mol. The van der Waals surface area contributed by atoms with Crippen LogP contribution in [0.5, 0.6) is 11.5 Å². The summed E-state index contributed by atoms with van der Waals surface area (Å²) < 4.78 is 35.6. The number of rotatable bonds is 6. The van der Waals surface area contributed by atoms with Gasteiger partial charge in [-0.15, -0.1) is 8.78 Å². The fourth-order valence-electron chi connectivity index (χ4n) is 3.98. The van der Waals surface area contributed by atoms with E-state index in [-0.39, 0.29) is 23.7 Å². The summed E-state index contributed by atoms with van der Waals surface area (Å²) in [6.45, 7) is 0. The standard InChI is InChI=1S/C24H16ClF2NO4/c25-18-6-5-17(28-22(18)15-3-1-2-14(10-15)13-29)12-21(30)23(8-9-23)16-4-7-19-20(11-16)32-24(26,27)31-19/h1-7,10-11,13H,8-9,12H2. The summed E-state index contributed by atoms with van der Waals surface area (Å²) in [5.74, 6) is -0.192. The number of ketones is 1. The number of aromatic nitrogens is 1. The Morgan fingerprint density at radius 1 is 1.06 bits per heavy atom. The summed E-state index contributed by atoms with van der Waals surface area (Å²) in [6, 6.07) is 14.7. The smallest absolute Gasteiger partial charge is 0.395 e. The van der Waals surface area contributed by atoms with Gasteiger partial charge in [-0.25, -0.2) is 0 Å². The molecular weight excluding hydrogens is 440 g/mol. The molecule has 0 amide bonds. The fourth-order valence-corrected chi connectivity index (χ4v) is 4.19. The SMILES string of the molecule is O=Cc1cccc(-c2nc(CC(=O)C3(c4ccc5c(c4)OC(F)(F)O5)CC3)ccc2Cl)c1. The molecule has 0 bridgehead atoms. The van der Waals surface area contributed by atoms with Crippen molar-refractivity contribution in [3.8, 4) is 22.8 Å². The second kappa shape index (κ2) is 7.38. The van der Waals surface area contributed by atoms with Gasteiger partial charge in [0.25, 0.3) is 0 Å². The van der Waals surface area contributed by atoms with E-state index in [9.17, 15) is 18.4 Å². The highest BCUT2D eigenvalue weighted by atomic mass is 35.5. The second-order valence-electron chi connectivity index (χ2n) is 7.89. The normalized spacial score (nSPS) is 17.1. The number of alkyl halides is 2. The molecule has 0 saturated heterocycles. The van der Waals surface area contributed by atoms with Gasteiger partial charge in [0.05, 0.1) is 16.1 Å². The number of aldehydes is 1. The summed E-state index contributed by atoms with van der Waals surface area (Å²) in [7, 11) is 0. The van der Waals surface area contributed by atoms with E-state index >= 15 is 0 Å². The van der Waals surface area contributed by atoms with Crippen molar-refractivity contribution in [3.05, 3.63) is 76.4 Å². The van der Waals surface area contributed by atoms with Crippen molar-refractivity contribution in [2.24, 2.45) is 0 Å². The molecule has 1 aliphatic carbocycles. The maximum Gasteiger partial charge on any atom is 0.586 e. The van der Waals surface area contributed by atoms with Gasteiger partial charge in [0.15, 0.2) is 11.5 Å². The molecule has 32 heavy (non-hydrogen) atoms. The summed E-state index contributed by atoms with van der Waals surface area (Å²) in [4.78, 5) is 28.9. The van der Waals surface area contributed by atoms with Crippen molar-refractivity contribution in [3.63, 3.8) is 0 Å². The van der Waals surface area contributed by atoms with E-state index in [0.29, 0.717) is 45.9 Å². The lowest BCUT2D eigenvalue weighted by molar-refractivity contribution is -0.286. The van der Waals surface area contributed by atoms with Crippen LogP contribution in [0.4, 0.5) is 8.78 Å². The zero-order chi connectivity index (χ0) is 22.5. The molecule has 1 aliphatic heterocycles. The molecule has 5 nitrogen and oxygen atoms in total. The molecule has 8 heteroatoms. The van der Waals surface area contributed by atoms with Gasteiger partial charge >= 0.3 is 6.29 Å². The number of ether oxygens (including phenoxy) is 2. The Morgan fingerprint density at radius 2 is 1.84 bits per heavy atom. The Morgan fingerprint density at radius 3 is 2.59 bits per heavy atom. The quantitative estimate of drug-likeness (QED) is 0.467. The van der Waals surface area contributed by atoms with Crippen LogP contribution in [0.2, 0.25) is 5.02 Å². The van der Waals surface area contributed by atoms with Crippen LogP contribution in [-0.2, 0) is 16.6 Å². The molecule has 1 fully saturated rings. The average molecular weight is 456 g/mol. The zero-order valence-electron chi connectivity index (χ0n) is 16.6. The van der Waals surface area contributed by atoms with E-state index < -0.39 is 11.7 Å². The molecule has 1 saturated carbocycles. The zero-order valence-corrected chi connectivity index (χ0v) is 17.4. The maximum absolute atomic E-state index is 13.3. The van der Waals surface area contributed by atoms with Crippen molar-refractivity contribution in [2.75, 3.05) is 0 Å². The van der Waals surface area contributed by atoms with E-state index in [1.54, 1.807) is 42.5 Å². The van der Waals surface area contributed by atoms with E-state index in [0.717, 1.165) is 6.29 Å². The highest BCUT2D eigenvalue weighted by molar-refractivity contribution is 6.33. The average Bonchev–Trinajstić information content (AvgIpc) is 3.52. The number of fused-ring (bicyclic) bond motifs is 1. The molecule has 2 heterocycles. The highest BCUT2D eigenvalue weighted by Gasteiger charge is 2.52. The lowest BCUT2D eigenvalue weighted by Gasteiger charge is -2.15. The molecule has 2 aromatic carbocycles. The van der Waals surface area contributed by atoms with Gasteiger partial charge in [0, 0.05) is 23.2 Å². The van der Waals surface area contributed by atoms with Crippen LogP contribution in [0.1, 0.15) is 34.5 Å². The first kappa shape index (κ1) is 20.6. The third-order valence-electron chi connectivity index (χ3n) is 5.78. The van der Waals surface area contributed by atoms with E-state index in [4.69, 9.17) is 11.6 Å². The van der Waals surface area contributed by atoms with Gasteiger partial charge in [-0.2, -0.15) is 0 Å². The Hall–Kier alpha value is -3.32. The number of pyridine rings is 1. The van der Waals surface area contributed by atoms with Gasteiger partial charge in [-0.05, 0) is 48.7 Å². The number of halogens is 3. The number of carbonyl (C=O) groups excluding carboxylic acids is 2. The van der Waals surface area contributed by atoms with Crippen molar-refractivity contribution in [1.29, 1.82) is 0 Å². The first-order chi connectivity index (χ1) is 15.3. The molecule has 3 aromatic rings. The fraction of sp³-hybridized carbons (Fsp3) is 0.208. The molecule has 0 radical (unpaired) electrons. The van der Waals surface area contributed by atoms with Gasteiger partial charge in [0.2, 0.25) is 0 Å². The van der Waals surface area contributed by atoms with Crippen LogP contribution in [-0.4, -0.2) is 23.3 Å². The minimum atomic E-state index is -3.70. The first-order valence-corrected chi connectivity index (χ1v) is 10.3. The molecular formula is C24H16ClF2NO4. The number of hydrogen-bond acceptors (Lipinski definition) is 5. The molecule has 0 atom stereocenters. The van der Waals surface area contributed by atoms with E-state index in [2.05, 4.69) is 14.5 Å². The van der Waals surface area contributed by atoms with Gasteiger partial charge in [0.1, 0.15) is 12.1 Å². The van der Waals surface area contributed by atoms with Crippen LogP contribution in [0.15, 0.2) is 54.6 Å². The Kier molecular flexibility index (Phi) is 4.74. The summed E-state index contributed by atoms with van der Waals surface area (Å²) in [6.07, 6.45) is -1.68. The van der Waals surface area contributed by atoms with Crippen LogP contribution in [0, 0.1) is 0 Å². The molecule has 0 spiro atoms. The Bertz CT molecular complexity index is 1260. The molecule has 0 unspecified atom stereocenters. The molecule has 2 aliphatic rings. The van der Waals surface area contributed by atoms with Crippen LogP contribution in [0.25, 0.3) is 11.3 Å². The minimum absolute atomic E-state index is 0.0523. The van der Waals surface area contributed by atoms with Crippen LogP contribution < -0.4 is 9.47 Å². The number of nitrogens with zero attached hydrogens (tertiary/aromatic N) is 1. The van der Waals surface area contributed by atoms with Crippen molar-refractivity contribution < 1.29 is 27.8 Å². The monoisotopic (exact) mass is 455 g/mol. The first-order valence-electron chi connectivity index (χ1n) is 9.94. The third kappa shape index (κ3) is 3.62. The number of Topliss-reactive ketones (excluding diaryl/α,β-unsaturated/α-hetero) is 1. The molecule has 5 rings (SSSR count). The van der Waals surface area contributed by atoms with Crippen LogP contribution in [0.3, 0.4) is 0 Å². The van der Waals surface area contributed by atoms with Gasteiger partial charge in [-0.3, -0.25) is 14.6 Å². The topological polar surface area (TPSA) is 65.5 Å². The van der Waals surface area contributed by atoms with Crippen molar-refractivity contribution in [2.45, 2.75) is 31.0 Å². The third-order valence-corrected chi connectivity index (χ3v) is 6.08. The van der Waals surface area contributed by atoms with Gasteiger partial charge < -0.3 is 9.47 Å². The van der Waals surface area contributed by atoms with E-state index in [1.165, 1.54) is 12.1 Å². The Labute approximate surface area is 186 Å². The summed E-state index contributed by atoms with van der Waals surface area (Å²) in [5, 5.41) is 0.405. The number of benzene rings is 2. The van der Waals surface area contributed by atoms with Crippen molar-refractivity contribution in [1.82, 2.24) is 4.98 Å². The molecule has 162 valence electrons. The van der Waals surface area contributed by atoms with E-state index in [1.807, 2.05) is 0 Å². The summed E-state index contributed by atoms with van der Waals surface area (Å²) in [5.41, 5.74) is 2.05. The maximum atomic E-state index is 13.3. The van der Waals surface area contributed by atoms with Crippen molar-refractivity contribution >= 4 is 23.7 Å². The predicted octanol–water partition coefficient (Wildman–Crippen LogP) is 5.38. The highest BCUT2D eigenvalue weighted by Crippen LogP contribution is 2.52. The second-order valence-corrected chi connectivity index (χ2v) is 8.29. The van der Waals surface area contributed by atoms with Gasteiger partial charge in [-0.1, -0.05) is 35.9 Å².